The number of hydrogen-bond acceptors (Lipinski definition) is 4. The number of amides is 1. The number of hydrogen-bond donors (Lipinski definition) is 1. The summed E-state index contributed by atoms with van der Waals surface area (Å²) in [4.78, 5) is 34.0. The van der Waals surface area contributed by atoms with E-state index in [4.69, 9.17) is 0 Å². The molecule has 0 saturated carbocycles. The molecule has 0 unspecified atom stereocenters. The Morgan fingerprint density at radius 3 is 2.27 bits per heavy atom. The van der Waals surface area contributed by atoms with Gasteiger partial charge in [0.25, 0.3) is 5.91 Å². The molecule has 1 aliphatic rings. The molecule has 182 valence electrons. The number of aryl methyl sites for hydroxylation is 1. The van der Waals surface area contributed by atoms with Crippen molar-refractivity contribution in [3.05, 3.63) is 35.3 Å². The SMILES string of the molecule is CC(C)CCN(CCC(C)C)C(=O)c1ccc2nc(C(=O)O)c(CCCN3CCCC3)n2c1. The van der Waals surface area contributed by atoms with Crippen LogP contribution in [0.25, 0.3) is 5.65 Å². The molecular formula is C26H40N4O3. The first-order valence-corrected chi connectivity index (χ1v) is 12.5. The zero-order chi connectivity index (χ0) is 24.0. The van der Waals surface area contributed by atoms with Crippen molar-refractivity contribution in [2.24, 2.45) is 11.8 Å². The van der Waals surface area contributed by atoms with Gasteiger partial charge in [0.05, 0.1) is 11.3 Å². The number of likely N-dealkylation sites (tertiary alicyclic amines) is 1. The second kappa shape index (κ2) is 11.6. The fourth-order valence-corrected chi connectivity index (χ4v) is 4.43. The van der Waals surface area contributed by atoms with Crippen LogP contribution >= 0.6 is 0 Å². The Labute approximate surface area is 197 Å². The Kier molecular flexibility index (Phi) is 8.89. The van der Waals surface area contributed by atoms with Crippen LogP contribution in [0.4, 0.5) is 0 Å². The van der Waals surface area contributed by atoms with E-state index in [1.165, 1.54) is 12.8 Å². The van der Waals surface area contributed by atoms with Crippen molar-refractivity contribution in [1.82, 2.24) is 19.2 Å². The molecule has 7 nitrogen and oxygen atoms in total. The Hall–Kier alpha value is -2.41. The van der Waals surface area contributed by atoms with Gasteiger partial charge in [-0.2, -0.15) is 0 Å². The summed E-state index contributed by atoms with van der Waals surface area (Å²) in [7, 11) is 0. The molecule has 0 aliphatic carbocycles. The molecule has 2 aromatic heterocycles. The predicted octanol–water partition coefficient (Wildman–Crippen LogP) is 4.60. The van der Waals surface area contributed by atoms with E-state index in [9.17, 15) is 14.7 Å². The van der Waals surface area contributed by atoms with E-state index in [2.05, 4.69) is 37.6 Å². The van der Waals surface area contributed by atoms with Crippen LogP contribution in [-0.2, 0) is 6.42 Å². The van der Waals surface area contributed by atoms with E-state index >= 15 is 0 Å². The van der Waals surface area contributed by atoms with E-state index in [0.717, 1.165) is 52.0 Å². The van der Waals surface area contributed by atoms with Gasteiger partial charge in [-0.15, -0.1) is 0 Å². The summed E-state index contributed by atoms with van der Waals surface area (Å²) in [5, 5.41) is 9.73. The number of carbonyl (C=O) groups is 2. The van der Waals surface area contributed by atoms with E-state index < -0.39 is 5.97 Å². The van der Waals surface area contributed by atoms with Gasteiger partial charge in [0.1, 0.15) is 5.65 Å². The summed E-state index contributed by atoms with van der Waals surface area (Å²) >= 11 is 0. The maximum atomic E-state index is 13.4. The Morgan fingerprint density at radius 2 is 1.70 bits per heavy atom. The number of imidazole rings is 1. The number of pyridine rings is 1. The fourth-order valence-electron chi connectivity index (χ4n) is 4.43. The quantitative estimate of drug-likeness (QED) is 0.505. The third-order valence-corrected chi connectivity index (χ3v) is 6.49. The second-order valence-electron chi connectivity index (χ2n) is 10.2. The lowest BCUT2D eigenvalue weighted by Gasteiger charge is -2.24. The Bertz CT molecular complexity index is 932. The van der Waals surface area contributed by atoms with Gasteiger partial charge >= 0.3 is 5.97 Å². The molecule has 1 fully saturated rings. The molecule has 7 heteroatoms. The van der Waals surface area contributed by atoms with Crippen molar-refractivity contribution in [3.63, 3.8) is 0 Å². The molecule has 0 atom stereocenters. The van der Waals surface area contributed by atoms with Crippen LogP contribution in [0.1, 0.15) is 86.3 Å². The molecule has 0 aromatic carbocycles. The molecule has 1 saturated heterocycles. The number of rotatable bonds is 12. The van der Waals surface area contributed by atoms with E-state index in [1.54, 1.807) is 18.3 Å². The molecule has 33 heavy (non-hydrogen) atoms. The van der Waals surface area contributed by atoms with Gasteiger partial charge in [0, 0.05) is 19.3 Å². The monoisotopic (exact) mass is 456 g/mol. The van der Waals surface area contributed by atoms with Gasteiger partial charge < -0.3 is 19.3 Å². The van der Waals surface area contributed by atoms with Crippen molar-refractivity contribution >= 4 is 17.5 Å². The van der Waals surface area contributed by atoms with Gasteiger partial charge in [0.15, 0.2) is 5.69 Å². The molecule has 1 N–H and O–H groups in total. The maximum Gasteiger partial charge on any atom is 0.356 e. The van der Waals surface area contributed by atoms with Crippen LogP contribution < -0.4 is 0 Å². The summed E-state index contributed by atoms with van der Waals surface area (Å²) in [6.07, 6.45) is 7.70. The van der Waals surface area contributed by atoms with Crippen molar-refractivity contribution < 1.29 is 14.7 Å². The lowest BCUT2D eigenvalue weighted by Crippen LogP contribution is -2.34. The van der Waals surface area contributed by atoms with E-state index in [1.807, 2.05) is 9.30 Å². The first-order valence-electron chi connectivity index (χ1n) is 12.5. The largest absolute Gasteiger partial charge is 0.476 e. The summed E-state index contributed by atoms with van der Waals surface area (Å²) in [5.41, 5.74) is 1.95. The first-order chi connectivity index (χ1) is 15.8. The minimum Gasteiger partial charge on any atom is -0.476 e. The van der Waals surface area contributed by atoms with Gasteiger partial charge in [-0.1, -0.05) is 27.7 Å². The first kappa shape index (κ1) is 25.2. The average molecular weight is 457 g/mol. The van der Waals surface area contributed by atoms with Crippen molar-refractivity contribution in [3.8, 4) is 0 Å². The highest BCUT2D eigenvalue weighted by Gasteiger charge is 2.22. The number of nitrogens with zero attached hydrogens (tertiary/aromatic N) is 4. The minimum absolute atomic E-state index is 0.00629. The van der Waals surface area contributed by atoms with Crippen molar-refractivity contribution in [2.45, 2.75) is 66.2 Å². The highest BCUT2D eigenvalue weighted by Crippen LogP contribution is 2.19. The molecule has 1 aliphatic heterocycles. The normalized spacial score (nSPS) is 14.6. The molecule has 0 spiro atoms. The highest BCUT2D eigenvalue weighted by molar-refractivity contribution is 5.94. The van der Waals surface area contributed by atoms with Gasteiger partial charge in [-0.3, -0.25) is 4.79 Å². The Balaban J connectivity index is 1.84. The Morgan fingerprint density at radius 1 is 1.06 bits per heavy atom. The van der Waals surface area contributed by atoms with Crippen molar-refractivity contribution in [2.75, 3.05) is 32.7 Å². The van der Waals surface area contributed by atoms with Gasteiger partial charge in [-0.25, -0.2) is 9.78 Å². The predicted molar refractivity (Wildman–Crippen MR) is 131 cm³/mol. The molecule has 0 radical (unpaired) electrons. The lowest BCUT2D eigenvalue weighted by atomic mass is 10.1. The maximum absolute atomic E-state index is 13.4. The lowest BCUT2D eigenvalue weighted by molar-refractivity contribution is 0.0688. The van der Waals surface area contributed by atoms with E-state index in [0.29, 0.717) is 35.2 Å². The van der Waals surface area contributed by atoms with Crippen LogP contribution in [0.3, 0.4) is 0 Å². The van der Waals surface area contributed by atoms with Gasteiger partial charge in [-0.05, 0) is 82.1 Å². The number of aromatic carboxylic acids is 1. The number of carboxylic acid groups (broad SMARTS) is 1. The van der Waals surface area contributed by atoms with Crippen LogP contribution in [0.2, 0.25) is 0 Å². The number of carboxylic acids is 1. The molecule has 1 amide bonds. The van der Waals surface area contributed by atoms with Crippen LogP contribution in [0.5, 0.6) is 0 Å². The molecule has 0 bridgehead atoms. The zero-order valence-electron chi connectivity index (χ0n) is 20.7. The number of aromatic nitrogens is 2. The summed E-state index contributed by atoms with van der Waals surface area (Å²) < 4.78 is 1.82. The van der Waals surface area contributed by atoms with Crippen LogP contribution in [-0.4, -0.2) is 68.9 Å². The zero-order valence-corrected chi connectivity index (χ0v) is 20.7. The third-order valence-electron chi connectivity index (χ3n) is 6.49. The molecule has 2 aromatic rings. The molecular weight excluding hydrogens is 416 g/mol. The van der Waals surface area contributed by atoms with Crippen LogP contribution in [0.15, 0.2) is 18.3 Å². The molecule has 3 heterocycles. The van der Waals surface area contributed by atoms with Gasteiger partial charge in [0.2, 0.25) is 0 Å². The van der Waals surface area contributed by atoms with Crippen LogP contribution in [0, 0.1) is 11.8 Å². The highest BCUT2D eigenvalue weighted by atomic mass is 16.4. The minimum atomic E-state index is -1.02. The van der Waals surface area contributed by atoms with E-state index in [-0.39, 0.29) is 11.6 Å². The average Bonchev–Trinajstić information content (AvgIpc) is 3.41. The topological polar surface area (TPSA) is 78.1 Å². The summed E-state index contributed by atoms with van der Waals surface area (Å²) in [6, 6.07) is 3.55. The second-order valence-corrected chi connectivity index (χ2v) is 10.2. The fraction of sp³-hybridized carbons (Fsp3) is 0.654. The smallest absolute Gasteiger partial charge is 0.356 e. The standard InChI is InChI=1S/C26H40N4O3/c1-19(2)11-16-29(17-12-20(3)4)25(31)21-9-10-23-27-24(26(32)33)22(30(23)18-21)8-7-15-28-13-5-6-14-28/h9-10,18-20H,5-8,11-17H2,1-4H3,(H,32,33). The number of fused-ring (bicyclic) bond motifs is 1. The number of carbonyl (C=O) groups excluding carboxylic acids is 1. The van der Waals surface area contributed by atoms with Crippen molar-refractivity contribution in [1.29, 1.82) is 0 Å². The molecule has 3 rings (SSSR count). The third kappa shape index (κ3) is 6.79. The summed E-state index contributed by atoms with van der Waals surface area (Å²) in [5.74, 6) is 0.0386. The summed E-state index contributed by atoms with van der Waals surface area (Å²) in [6.45, 7) is 13.4.